The summed E-state index contributed by atoms with van der Waals surface area (Å²) in [6.07, 6.45) is 0.169. The van der Waals surface area contributed by atoms with E-state index in [0.717, 1.165) is 12.4 Å². The molecule has 18 heavy (non-hydrogen) atoms. The van der Waals surface area contributed by atoms with Crippen molar-refractivity contribution in [3.05, 3.63) is 34.3 Å². The fourth-order valence-electron chi connectivity index (χ4n) is 1.98. The van der Waals surface area contributed by atoms with Crippen molar-refractivity contribution in [1.82, 2.24) is 5.32 Å². The maximum atomic E-state index is 13.9. The average molecular weight is 273 g/mol. The fourth-order valence-corrected chi connectivity index (χ4v) is 2.15. The van der Waals surface area contributed by atoms with Crippen molar-refractivity contribution in [2.24, 2.45) is 4.99 Å². The number of amidine groups is 1. The molecule has 1 aromatic rings. The predicted molar refractivity (Wildman–Crippen MR) is 69.6 cm³/mol. The molecule has 1 aliphatic heterocycles. The highest BCUT2D eigenvalue weighted by molar-refractivity contribution is 6.30. The van der Waals surface area contributed by atoms with Gasteiger partial charge >= 0.3 is 0 Å². The van der Waals surface area contributed by atoms with Gasteiger partial charge in [-0.15, -0.1) is 0 Å². The summed E-state index contributed by atoms with van der Waals surface area (Å²) in [5, 5.41) is 3.42. The third kappa shape index (κ3) is 2.80. The number of hydrogen-bond acceptors (Lipinski definition) is 2. The summed E-state index contributed by atoms with van der Waals surface area (Å²) >= 11 is 5.82. The molecular weight excluding hydrogens is 258 g/mol. The largest absolute Gasteiger partial charge is 0.372 e. The molecule has 98 valence electrons. The van der Waals surface area contributed by atoms with E-state index in [0.29, 0.717) is 23.6 Å². The summed E-state index contributed by atoms with van der Waals surface area (Å²) < 4.78 is 27.8. The molecule has 1 heterocycles. The van der Waals surface area contributed by atoms with Gasteiger partial charge in [0.2, 0.25) is 0 Å². The van der Waals surface area contributed by atoms with E-state index in [1.807, 2.05) is 0 Å². The van der Waals surface area contributed by atoms with Crippen LogP contribution in [0.3, 0.4) is 0 Å². The number of halogens is 3. The Labute approximate surface area is 110 Å². The zero-order valence-electron chi connectivity index (χ0n) is 10.1. The van der Waals surface area contributed by atoms with Gasteiger partial charge in [0.05, 0.1) is 6.54 Å². The van der Waals surface area contributed by atoms with Gasteiger partial charge in [-0.2, -0.15) is 0 Å². The van der Waals surface area contributed by atoms with E-state index in [4.69, 9.17) is 11.6 Å². The van der Waals surface area contributed by atoms with Gasteiger partial charge in [-0.1, -0.05) is 24.6 Å². The highest BCUT2D eigenvalue weighted by Crippen LogP contribution is 2.35. The Bertz CT molecular complexity index is 472. The van der Waals surface area contributed by atoms with E-state index >= 15 is 0 Å². The number of hydrogen-bond donors (Lipinski definition) is 1. The Kier molecular flexibility index (Phi) is 3.85. The number of rotatable bonds is 4. The summed E-state index contributed by atoms with van der Waals surface area (Å²) in [5.74, 6) is -2.08. The summed E-state index contributed by atoms with van der Waals surface area (Å²) in [5.41, 5.74) is 0.591. The number of benzene rings is 1. The third-order valence-corrected chi connectivity index (χ3v) is 3.25. The Balaban J connectivity index is 2.34. The molecular formula is C13H15ClF2N2. The molecule has 0 bridgehead atoms. The molecule has 0 saturated carbocycles. The van der Waals surface area contributed by atoms with Crippen molar-refractivity contribution < 1.29 is 8.78 Å². The van der Waals surface area contributed by atoms with Crippen LogP contribution in [0.4, 0.5) is 8.78 Å². The second-order valence-electron chi connectivity index (χ2n) is 4.29. The molecule has 2 rings (SSSR count). The molecule has 0 amide bonds. The minimum absolute atomic E-state index is 0.00824. The summed E-state index contributed by atoms with van der Waals surface area (Å²) in [4.78, 5) is 4.23. The van der Waals surface area contributed by atoms with Crippen molar-refractivity contribution in [1.29, 1.82) is 0 Å². The van der Waals surface area contributed by atoms with E-state index < -0.39 is 5.92 Å². The number of nitrogens with one attached hydrogen (secondary N) is 1. The number of alkyl halides is 2. The van der Waals surface area contributed by atoms with Crippen molar-refractivity contribution in [3.8, 4) is 0 Å². The van der Waals surface area contributed by atoms with Gasteiger partial charge in [0.15, 0.2) is 0 Å². The highest BCUT2D eigenvalue weighted by Gasteiger charge is 2.32. The number of nitrogens with zero attached hydrogens (tertiary/aromatic N) is 1. The second-order valence-corrected chi connectivity index (χ2v) is 4.73. The molecule has 0 radical (unpaired) electrons. The van der Waals surface area contributed by atoms with Crippen LogP contribution in [0.2, 0.25) is 5.02 Å². The molecule has 0 atom stereocenters. The maximum Gasteiger partial charge on any atom is 0.273 e. The van der Waals surface area contributed by atoms with Gasteiger partial charge in [0.1, 0.15) is 5.84 Å². The van der Waals surface area contributed by atoms with Gasteiger partial charge in [-0.25, -0.2) is 8.78 Å². The first kappa shape index (κ1) is 13.3. The standard InChI is InChI=1S/C13H15ClF2N2/c1-2-13(15,16)11-8-10(14)4-3-9(11)7-12-17-5-6-18-12/h3-4,8H,2,5-7H2,1H3,(H,17,18). The predicted octanol–water partition coefficient (Wildman–Crippen LogP) is 3.39. The lowest BCUT2D eigenvalue weighted by atomic mass is 9.97. The van der Waals surface area contributed by atoms with Crippen LogP contribution in [-0.4, -0.2) is 18.9 Å². The van der Waals surface area contributed by atoms with Crippen LogP contribution in [0.1, 0.15) is 24.5 Å². The molecule has 0 fully saturated rings. The third-order valence-electron chi connectivity index (χ3n) is 3.01. The zero-order valence-corrected chi connectivity index (χ0v) is 10.9. The number of aliphatic imine (C=N–C) groups is 1. The van der Waals surface area contributed by atoms with Crippen LogP contribution in [0, 0.1) is 0 Å². The molecule has 0 spiro atoms. The lowest BCUT2D eigenvalue weighted by molar-refractivity contribution is -0.00899. The van der Waals surface area contributed by atoms with Crippen LogP contribution in [0.25, 0.3) is 0 Å². The van der Waals surface area contributed by atoms with Crippen molar-refractivity contribution in [2.45, 2.75) is 25.7 Å². The lowest BCUT2D eigenvalue weighted by Crippen LogP contribution is -2.23. The molecule has 0 aromatic heterocycles. The average Bonchev–Trinajstić information content (AvgIpc) is 2.84. The summed E-state index contributed by atoms with van der Waals surface area (Å²) in [6, 6.07) is 4.65. The van der Waals surface area contributed by atoms with Crippen LogP contribution >= 0.6 is 11.6 Å². The van der Waals surface area contributed by atoms with Crippen LogP contribution in [0.5, 0.6) is 0 Å². The zero-order chi connectivity index (χ0) is 13.2. The second kappa shape index (κ2) is 5.22. The van der Waals surface area contributed by atoms with Crippen LogP contribution in [-0.2, 0) is 12.3 Å². The molecule has 0 unspecified atom stereocenters. The Hall–Kier alpha value is -1.16. The topological polar surface area (TPSA) is 24.4 Å². The quantitative estimate of drug-likeness (QED) is 0.893. The molecule has 0 saturated heterocycles. The van der Waals surface area contributed by atoms with Crippen LogP contribution < -0.4 is 5.32 Å². The van der Waals surface area contributed by atoms with Gasteiger partial charge in [0.25, 0.3) is 5.92 Å². The first-order valence-electron chi connectivity index (χ1n) is 5.97. The Morgan fingerprint density at radius 2 is 2.22 bits per heavy atom. The Morgan fingerprint density at radius 1 is 1.44 bits per heavy atom. The highest BCUT2D eigenvalue weighted by atomic mass is 35.5. The fraction of sp³-hybridized carbons (Fsp3) is 0.462. The maximum absolute atomic E-state index is 13.9. The molecule has 0 aliphatic carbocycles. The SMILES string of the molecule is CCC(F)(F)c1cc(Cl)ccc1CC1=NCCN1. The van der Waals surface area contributed by atoms with Crippen molar-refractivity contribution in [3.63, 3.8) is 0 Å². The minimum atomic E-state index is -2.85. The van der Waals surface area contributed by atoms with E-state index in [1.54, 1.807) is 12.1 Å². The molecule has 1 aromatic carbocycles. The Morgan fingerprint density at radius 3 is 2.83 bits per heavy atom. The normalized spacial score (nSPS) is 15.4. The van der Waals surface area contributed by atoms with E-state index in [2.05, 4.69) is 10.3 Å². The van der Waals surface area contributed by atoms with E-state index in [-0.39, 0.29) is 12.0 Å². The molecule has 2 nitrogen and oxygen atoms in total. The summed E-state index contributed by atoms with van der Waals surface area (Å²) in [7, 11) is 0. The molecule has 1 N–H and O–H groups in total. The van der Waals surface area contributed by atoms with Gasteiger partial charge in [0, 0.05) is 30.0 Å². The van der Waals surface area contributed by atoms with E-state index in [9.17, 15) is 8.78 Å². The van der Waals surface area contributed by atoms with Gasteiger partial charge in [-0.3, -0.25) is 4.99 Å². The van der Waals surface area contributed by atoms with Gasteiger partial charge in [-0.05, 0) is 17.7 Å². The van der Waals surface area contributed by atoms with Crippen LogP contribution in [0.15, 0.2) is 23.2 Å². The minimum Gasteiger partial charge on any atom is -0.372 e. The molecule has 1 aliphatic rings. The van der Waals surface area contributed by atoms with Gasteiger partial charge < -0.3 is 5.32 Å². The van der Waals surface area contributed by atoms with Crippen molar-refractivity contribution >= 4 is 17.4 Å². The monoisotopic (exact) mass is 272 g/mol. The first-order valence-corrected chi connectivity index (χ1v) is 6.34. The lowest BCUT2D eigenvalue weighted by Gasteiger charge is -2.19. The van der Waals surface area contributed by atoms with Crippen molar-refractivity contribution in [2.75, 3.05) is 13.1 Å². The first-order chi connectivity index (χ1) is 8.53. The summed E-state index contributed by atoms with van der Waals surface area (Å²) in [6.45, 7) is 2.96. The smallest absolute Gasteiger partial charge is 0.273 e. The van der Waals surface area contributed by atoms with E-state index in [1.165, 1.54) is 13.0 Å². The molecule has 5 heteroatoms.